The second-order valence-corrected chi connectivity index (χ2v) is 18.7. The molecule has 0 fully saturated rings. The van der Waals surface area contributed by atoms with Gasteiger partial charge in [-0.3, -0.25) is 4.79 Å². The SMILES string of the molecule is CC(CO[Si](C)(C)C(C)(C)C)C(=O)O[Si](C)(C)C(C)(C)C. The first-order valence-corrected chi connectivity index (χ1v) is 13.7. The maximum Gasteiger partial charge on any atom is 0.297 e. The van der Waals surface area contributed by atoms with Crippen molar-refractivity contribution >= 4 is 22.6 Å². The highest BCUT2D eigenvalue weighted by molar-refractivity contribution is 6.75. The molecule has 0 N–H and O–H groups in total. The van der Waals surface area contributed by atoms with Crippen molar-refractivity contribution in [2.45, 2.75) is 84.7 Å². The summed E-state index contributed by atoms with van der Waals surface area (Å²) >= 11 is 0. The fourth-order valence-corrected chi connectivity index (χ4v) is 3.23. The van der Waals surface area contributed by atoms with Crippen LogP contribution in [-0.4, -0.2) is 29.2 Å². The van der Waals surface area contributed by atoms with Crippen LogP contribution in [0.15, 0.2) is 0 Å². The molecule has 21 heavy (non-hydrogen) atoms. The molecular formula is C16H36O3Si2. The Morgan fingerprint density at radius 1 is 0.905 bits per heavy atom. The molecule has 3 nitrogen and oxygen atoms in total. The number of rotatable bonds is 5. The molecule has 1 unspecified atom stereocenters. The quantitative estimate of drug-likeness (QED) is 0.650. The lowest BCUT2D eigenvalue weighted by molar-refractivity contribution is -0.140. The van der Waals surface area contributed by atoms with Gasteiger partial charge in [0.25, 0.3) is 14.3 Å². The van der Waals surface area contributed by atoms with Crippen molar-refractivity contribution in [3.05, 3.63) is 0 Å². The summed E-state index contributed by atoms with van der Waals surface area (Å²) in [5.74, 6) is -0.312. The maximum atomic E-state index is 12.3. The van der Waals surface area contributed by atoms with Crippen LogP contribution in [0.25, 0.3) is 0 Å². The van der Waals surface area contributed by atoms with E-state index < -0.39 is 16.6 Å². The van der Waals surface area contributed by atoms with E-state index in [1.807, 2.05) is 6.92 Å². The van der Waals surface area contributed by atoms with E-state index in [4.69, 9.17) is 8.85 Å². The first-order chi connectivity index (χ1) is 9.01. The molecule has 0 bridgehead atoms. The minimum Gasteiger partial charge on any atom is -0.519 e. The first-order valence-electron chi connectivity index (χ1n) is 7.88. The minimum absolute atomic E-state index is 0.0443. The normalized spacial score (nSPS) is 15.8. The predicted octanol–water partition coefficient (Wildman–Crippen LogP) is 5.19. The fourth-order valence-electron chi connectivity index (χ4n) is 1.12. The van der Waals surface area contributed by atoms with E-state index in [2.05, 4.69) is 67.7 Å². The second-order valence-electron chi connectivity index (χ2n) is 9.15. The van der Waals surface area contributed by atoms with Crippen LogP contribution in [0.2, 0.25) is 36.3 Å². The largest absolute Gasteiger partial charge is 0.519 e. The van der Waals surface area contributed by atoms with Gasteiger partial charge in [0.05, 0.1) is 5.92 Å². The highest BCUT2D eigenvalue weighted by atomic mass is 28.4. The topological polar surface area (TPSA) is 35.5 Å². The standard InChI is InChI=1S/C16H36O3Si2/c1-13(12-18-20(8,9)15(2,3)4)14(17)19-21(10,11)16(5,6)7/h13H,12H2,1-11H3. The van der Waals surface area contributed by atoms with E-state index >= 15 is 0 Å². The van der Waals surface area contributed by atoms with Gasteiger partial charge in [0.1, 0.15) is 0 Å². The Bertz CT molecular complexity index is 363. The lowest BCUT2D eigenvalue weighted by Gasteiger charge is -2.38. The molecule has 0 aliphatic heterocycles. The van der Waals surface area contributed by atoms with Gasteiger partial charge in [-0.05, 0) is 43.2 Å². The monoisotopic (exact) mass is 332 g/mol. The molecule has 0 aromatic rings. The van der Waals surface area contributed by atoms with E-state index in [1.165, 1.54) is 0 Å². The zero-order chi connectivity index (χ0) is 17.3. The predicted molar refractivity (Wildman–Crippen MR) is 95.6 cm³/mol. The van der Waals surface area contributed by atoms with Gasteiger partial charge in [0, 0.05) is 6.61 Å². The highest BCUT2D eigenvalue weighted by Crippen LogP contribution is 2.38. The van der Waals surface area contributed by atoms with E-state index in [9.17, 15) is 4.79 Å². The molecule has 0 aliphatic rings. The third-order valence-electron chi connectivity index (χ3n) is 5.06. The fraction of sp³-hybridized carbons (Fsp3) is 0.938. The van der Waals surface area contributed by atoms with Crippen LogP contribution >= 0.6 is 0 Å². The minimum atomic E-state index is -2.04. The molecule has 0 heterocycles. The van der Waals surface area contributed by atoms with Crippen molar-refractivity contribution in [1.82, 2.24) is 0 Å². The van der Waals surface area contributed by atoms with Gasteiger partial charge in [-0.1, -0.05) is 41.5 Å². The van der Waals surface area contributed by atoms with E-state index in [0.717, 1.165) is 0 Å². The molecule has 0 aliphatic carbocycles. The van der Waals surface area contributed by atoms with Crippen LogP contribution in [0.3, 0.4) is 0 Å². The summed E-state index contributed by atoms with van der Waals surface area (Å²) in [6.07, 6.45) is 0. The van der Waals surface area contributed by atoms with Gasteiger partial charge in [0.2, 0.25) is 0 Å². The van der Waals surface area contributed by atoms with Crippen molar-refractivity contribution in [2.24, 2.45) is 5.92 Å². The number of carbonyl (C=O) groups is 1. The van der Waals surface area contributed by atoms with Gasteiger partial charge in [0.15, 0.2) is 8.32 Å². The zero-order valence-electron chi connectivity index (χ0n) is 16.0. The van der Waals surface area contributed by atoms with Crippen molar-refractivity contribution in [1.29, 1.82) is 0 Å². The van der Waals surface area contributed by atoms with Gasteiger partial charge in [-0.15, -0.1) is 0 Å². The lowest BCUT2D eigenvalue weighted by atomic mass is 10.2. The third-order valence-corrected chi connectivity index (χ3v) is 13.9. The van der Waals surface area contributed by atoms with Crippen molar-refractivity contribution in [3.8, 4) is 0 Å². The Kier molecular flexibility index (Phi) is 6.50. The summed E-state index contributed by atoms with van der Waals surface area (Å²) in [6.45, 7) is 24.0. The van der Waals surface area contributed by atoms with Crippen LogP contribution in [0.4, 0.5) is 0 Å². The lowest BCUT2D eigenvalue weighted by Crippen LogP contribution is -2.46. The molecule has 0 amide bonds. The van der Waals surface area contributed by atoms with Crippen LogP contribution in [0.5, 0.6) is 0 Å². The van der Waals surface area contributed by atoms with Crippen molar-refractivity contribution in [3.63, 3.8) is 0 Å². The van der Waals surface area contributed by atoms with E-state index in [-0.39, 0.29) is 22.0 Å². The first kappa shape index (κ1) is 20.9. The Balaban J connectivity index is 4.63. The highest BCUT2D eigenvalue weighted by Gasteiger charge is 2.42. The third kappa shape index (κ3) is 5.87. The summed E-state index contributed by atoms with van der Waals surface area (Å²) in [5, 5.41) is 0.207. The average molecular weight is 333 g/mol. The summed E-state index contributed by atoms with van der Waals surface area (Å²) in [7, 11) is -3.84. The van der Waals surface area contributed by atoms with Crippen molar-refractivity contribution in [2.75, 3.05) is 6.61 Å². The number of carbonyl (C=O) groups excluding carboxylic acids is 1. The summed E-state index contributed by atoms with van der Waals surface area (Å²) in [6, 6.07) is 0. The van der Waals surface area contributed by atoms with Crippen LogP contribution in [0, 0.1) is 5.92 Å². The van der Waals surface area contributed by atoms with E-state index in [0.29, 0.717) is 6.61 Å². The molecule has 0 spiro atoms. The molecule has 0 rings (SSSR count). The van der Waals surface area contributed by atoms with Gasteiger partial charge >= 0.3 is 0 Å². The molecule has 0 saturated heterocycles. The number of hydrogen-bond donors (Lipinski definition) is 0. The Morgan fingerprint density at radius 3 is 1.62 bits per heavy atom. The van der Waals surface area contributed by atoms with Crippen LogP contribution < -0.4 is 0 Å². The molecule has 0 aromatic carbocycles. The summed E-state index contributed by atoms with van der Waals surface area (Å²) < 4.78 is 12.0. The Labute approximate surface area is 134 Å². The average Bonchev–Trinajstić information content (AvgIpc) is 2.21. The Morgan fingerprint density at radius 2 is 1.29 bits per heavy atom. The van der Waals surface area contributed by atoms with Gasteiger partial charge in [-0.25, -0.2) is 0 Å². The summed E-state index contributed by atoms with van der Waals surface area (Å²) in [5.41, 5.74) is 0. The molecule has 0 saturated carbocycles. The van der Waals surface area contributed by atoms with Crippen LogP contribution in [-0.2, 0) is 13.6 Å². The van der Waals surface area contributed by atoms with Gasteiger partial charge in [-0.2, -0.15) is 0 Å². The smallest absolute Gasteiger partial charge is 0.297 e. The van der Waals surface area contributed by atoms with E-state index in [1.54, 1.807) is 0 Å². The van der Waals surface area contributed by atoms with Gasteiger partial charge < -0.3 is 8.85 Å². The molecular weight excluding hydrogens is 296 g/mol. The Hall–Kier alpha value is -0.136. The van der Waals surface area contributed by atoms with Crippen molar-refractivity contribution < 1.29 is 13.6 Å². The zero-order valence-corrected chi connectivity index (χ0v) is 18.0. The molecule has 126 valence electrons. The second kappa shape index (κ2) is 6.54. The molecule has 0 radical (unpaired) electrons. The summed E-state index contributed by atoms with van der Waals surface area (Å²) in [4.78, 5) is 12.3. The molecule has 5 heteroatoms. The number of hydrogen-bond acceptors (Lipinski definition) is 3. The molecule has 0 aromatic heterocycles. The van der Waals surface area contributed by atoms with Crippen LogP contribution in [0.1, 0.15) is 48.5 Å². The molecule has 1 atom stereocenters. The maximum absolute atomic E-state index is 12.3.